The van der Waals surface area contributed by atoms with Crippen molar-refractivity contribution in [3.63, 3.8) is 0 Å². The van der Waals surface area contributed by atoms with E-state index < -0.39 is 5.97 Å². The number of aromatic nitrogens is 2. The zero-order valence-corrected chi connectivity index (χ0v) is 27.0. The highest BCUT2D eigenvalue weighted by Gasteiger charge is 2.35. The summed E-state index contributed by atoms with van der Waals surface area (Å²) in [7, 11) is 0. The Balaban J connectivity index is 1.11. The number of benzene rings is 3. The van der Waals surface area contributed by atoms with Gasteiger partial charge in [0.2, 0.25) is 5.91 Å². The van der Waals surface area contributed by atoms with Crippen molar-refractivity contribution in [3.05, 3.63) is 100 Å². The second-order valence-electron chi connectivity index (χ2n) is 13.2. The van der Waals surface area contributed by atoms with Crippen molar-refractivity contribution in [1.29, 1.82) is 0 Å². The maximum atomic E-state index is 12.6. The van der Waals surface area contributed by atoms with Crippen molar-refractivity contribution in [2.75, 3.05) is 25.4 Å². The summed E-state index contributed by atoms with van der Waals surface area (Å²) in [6.45, 7) is 6.12. The van der Waals surface area contributed by atoms with Crippen LogP contribution in [0.2, 0.25) is 0 Å². The van der Waals surface area contributed by atoms with Crippen LogP contribution in [0.4, 0.5) is 5.82 Å². The van der Waals surface area contributed by atoms with Gasteiger partial charge >= 0.3 is 5.97 Å². The number of hydrogen-bond acceptors (Lipinski definition) is 5. The Morgan fingerprint density at radius 3 is 2.52 bits per heavy atom. The third kappa shape index (κ3) is 5.83. The molecule has 1 saturated carbocycles. The van der Waals surface area contributed by atoms with Crippen LogP contribution >= 0.6 is 0 Å². The molecular weight excluding hydrogens is 572 g/mol. The van der Waals surface area contributed by atoms with Gasteiger partial charge in [-0.25, -0.2) is 9.48 Å². The van der Waals surface area contributed by atoms with Gasteiger partial charge in [-0.3, -0.25) is 4.79 Å². The van der Waals surface area contributed by atoms with E-state index in [2.05, 4.69) is 65.5 Å². The Labute approximate surface area is 271 Å². The lowest BCUT2D eigenvalue weighted by atomic mass is 9.83. The lowest BCUT2D eigenvalue weighted by Gasteiger charge is -2.33. The van der Waals surface area contributed by atoms with Gasteiger partial charge in [-0.1, -0.05) is 55.5 Å². The molecular formula is C39H44N4O3. The molecule has 7 nitrogen and oxygen atoms in total. The monoisotopic (exact) mass is 616 g/mol. The van der Waals surface area contributed by atoms with Crippen LogP contribution in [0.3, 0.4) is 0 Å². The number of ether oxygens (including phenoxy) is 1. The van der Waals surface area contributed by atoms with Gasteiger partial charge in [-0.05, 0) is 121 Å². The molecule has 0 radical (unpaired) electrons. The molecule has 1 saturated heterocycles. The second-order valence-corrected chi connectivity index (χ2v) is 13.2. The van der Waals surface area contributed by atoms with Crippen molar-refractivity contribution in [1.82, 2.24) is 14.7 Å². The smallest absolute Gasteiger partial charge is 0.343 e. The molecule has 2 aliphatic carbocycles. The first kappa shape index (κ1) is 30.3. The molecule has 1 aromatic heterocycles. The number of amides is 1. The van der Waals surface area contributed by atoms with E-state index in [0.717, 1.165) is 75.7 Å². The molecule has 1 atom stereocenters. The van der Waals surface area contributed by atoms with Crippen LogP contribution in [-0.4, -0.2) is 46.3 Å². The van der Waals surface area contributed by atoms with Gasteiger partial charge in [0.1, 0.15) is 11.4 Å². The van der Waals surface area contributed by atoms with Crippen LogP contribution in [0.5, 0.6) is 0 Å². The average Bonchev–Trinajstić information content (AvgIpc) is 3.75. The van der Waals surface area contributed by atoms with Gasteiger partial charge in [0.15, 0.2) is 0 Å². The number of piperidine rings is 1. The quantitative estimate of drug-likeness (QED) is 0.200. The van der Waals surface area contributed by atoms with Crippen molar-refractivity contribution in [2.24, 2.45) is 5.92 Å². The van der Waals surface area contributed by atoms with Crippen molar-refractivity contribution in [3.8, 4) is 16.8 Å². The van der Waals surface area contributed by atoms with Crippen LogP contribution in [0.25, 0.3) is 16.8 Å². The number of anilines is 1. The number of carbonyl (C=O) groups excluding carboxylic acids is 2. The van der Waals surface area contributed by atoms with Crippen LogP contribution in [0, 0.1) is 5.92 Å². The van der Waals surface area contributed by atoms with Crippen LogP contribution in [-0.2, 0) is 28.8 Å². The van der Waals surface area contributed by atoms with E-state index in [0.29, 0.717) is 23.7 Å². The molecule has 4 aromatic rings. The fourth-order valence-corrected chi connectivity index (χ4v) is 7.75. The summed E-state index contributed by atoms with van der Waals surface area (Å²) in [6, 6.07) is 22.1. The molecule has 7 rings (SSSR count). The van der Waals surface area contributed by atoms with Gasteiger partial charge in [-0.15, -0.1) is 0 Å². The molecule has 1 amide bonds. The molecule has 0 spiro atoms. The molecule has 3 aromatic carbocycles. The molecule has 2 fully saturated rings. The number of carbonyl (C=O) groups is 2. The first-order valence-corrected chi connectivity index (χ1v) is 17.1. The number of fused-ring (bicyclic) bond motifs is 1. The van der Waals surface area contributed by atoms with E-state index >= 15 is 0 Å². The Bertz CT molecular complexity index is 1760. The van der Waals surface area contributed by atoms with E-state index in [-0.39, 0.29) is 18.0 Å². The number of nitrogen functional groups attached to an aromatic ring is 1. The highest BCUT2D eigenvalue weighted by molar-refractivity contribution is 5.94. The minimum absolute atomic E-state index is 0.277. The third-order valence-electron chi connectivity index (χ3n) is 10.3. The molecule has 7 heteroatoms. The molecule has 0 unspecified atom stereocenters. The Morgan fingerprint density at radius 1 is 0.957 bits per heavy atom. The normalized spacial score (nSPS) is 18.0. The van der Waals surface area contributed by atoms with Crippen molar-refractivity contribution < 1.29 is 14.3 Å². The minimum atomic E-state index is -0.462. The summed E-state index contributed by atoms with van der Waals surface area (Å²) in [5.41, 5.74) is 17.0. The van der Waals surface area contributed by atoms with Crippen LogP contribution in [0.1, 0.15) is 96.0 Å². The van der Waals surface area contributed by atoms with Crippen molar-refractivity contribution in [2.45, 2.75) is 77.0 Å². The number of aryl methyl sites for hydroxylation is 2. The maximum absolute atomic E-state index is 12.6. The number of esters is 1. The fraction of sp³-hybridized carbons (Fsp3) is 0.410. The summed E-state index contributed by atoms with van der Waals surface area (Å²) in [4.78, 5) is 27.0. The molecule has 0 bridgehead atoms. The van der Waals surface area contributed by atoms with Gasteiger partial charge in [-0.2, -0.15) is 5.10 Å². The number of nitrogens with two attached hydrogens (primary N) is 1. The van der Waals surface area contributed by atoms with E-state index in [1.165, 1.54) is 39.6 Å². The van der Waals surface area contributed by atoms with E-state index in [1.54, 1.807) is 11.6 Å². The highest BCUT2D eigenvalue weighted by atomic mass is 16.5. The number of hydrogen-bond donors (Lipinski definition) is 1. The summed E-state index contributed by atoms with van der Waals surface area (Å²) < 4.78 is 6.76. The average molecular weight is 617 g/mol. The zero-order chi connectivity index (χ0) is 31.8. The minimum Gasteiger partial charge on any atom is -0.462 e. The number of nitrogens with zero attached hydrogens (tertiary/aromatic N) is 3. The van der Waals surface area contributed by atoms with E-state index in [9.17, 15) is 9.59 Å². The fourth-order valence-electron chi connectivity index (χ4n) is 7.75. The van der Waals surface area contributed by atoms with E-state index in [4.69, 9.17) is 10.5 Å². The maximum Gasteiger partial charge on any atom is 0.343 e. The molecule has 1 aliphatic heterocycles. The molecule has 3 aliphatic rings. The lowest BCUT2D eigenvalue weighted by molar-refractivity contribution is -0.133. The topological polar surface area (TPSA) is 90.5 Å². The van der Waals surface area contributed by atoms with E-state index in [1.807, 2.05) is 12.1 Å². The molecule has 238 valence electrons. The molecule has 2 N–H and O–H groups in total. The Hall–Kier alpha value is -4.39. The number of likely N-dealkylation sites (tertiary alicyclic amines) is 1. The van der Waals surface area contributed by atoms with Crippen molar-refractivity contribution >= 4 is 17.7 Å². The molecule has 2 heterocycles. The summed E-state index contributed by atoms with van der Waals surface area (Å²) in [5.74, 6) is 1.49. The summed E-state index contributed by atoms with van der Waals surface area (Å²) >= 11 is 0. The second kappa shape index (κ2) is 12.8. The first-order chi connectivity index (χ1) is 22.4. The Morgan fingerprint density at radius 2 is 1.76 bits per heavy atom. The zero-order valence-electron chi connectivity index (χ0n) is 27.0. The summed E-state index contributed by atoms with van der Waals surface area (Å²) in [6.07, 6.45) is 10.0. The van der Waals surface area contributed by atoms with Crippen LogP contribution in [0.15, 0.2) is 66.9 Å². The van der Waals surface area contributed by atoms with Gasteiger partial charge in [0.25, 0.3) is 0 Å². The third-order valence-corrected chi connectivity index (χ3v) is 10.3. The lowest BCUT2D eigenvalue weighted by Crippen LogP contribution is -2.38. The summed E-state index contributed by atoms with van der Waals surface area (Å²) in [5, 5.41) is 4.42. The largest absolute Gasteiger partial charge is 0.462 e. The van der Waals surface area contributed by atoms with Gasteiger partial charge in [0, 0.05) is 19.0 Å². The van der Waals surface area contributed by atoms with Crippen LogP contribution < -0.4 is 5.73 Å². The predicted octanol–water partition coefficient (Wildman–Crippen LogP) is 7.25. The Kier molecular flexibility index (Phi) is 8.41. The van der Waals surface area contributed by atoms with Gasteiger partial charge < -0.3 is 15.4 Å². The predicted molar refractivity (Wildman–Crippen MR) is 181 cm³/mol. The first-order valence-electron chi connectivity index (χ1n) is 17.1. The number of rotatable bonds is 9. The highest BCUT2D eigenvalue weighted by Crippen LogP contribution is 2.43. The standard InChI is InChI=1S/C39H44N4O3/c1-3-26-21-25(11-16-33(26)27-17-19-42(20-18-27)38(44)29-13-14-29)22-31-15-12-28-7-6-10-34(36(28)31)30-8-5-9-32(23-30)43-37(40)35(24-41-43)39(45)46-4-2/h5-11,16,21,23-24,27,29,31H,3-4,12-15,17-20,22,40H2,1-2H3/t31-/m1/s1. The molecule has 46 heavy (non-hydrogen) atoms. The van der Waals surface area contributed by atoms with Gasteiger partial charge in [0.05, 0.1) is 18.5 Å². The SMILES string of the molecule is CCOC(=O)c1cnn(-c2cccc(-c3cccc4c3[C@@H](Cc3ccc(C5CCN(C(=O)C6CC6)CC5)c(CC)c3)CC4)c2)c1N.